The number of piperidine rings is 1. The fraction of sp³-hybridized carbons (Fsp3) is 0.625. The predicted octanol–water partition coefficient (Wildman–Crippen LogP) is 4.01. The third kappa shape index (κ3) is 5.48. The molecule has 184 valence electrons. The van der Waals surface area contributed by atoms with Gasteiger partial charge in [0.15, 0.2) is 5.82 Å². The fourth-order valence-corrected chi connectivity index (χ4v) is 4.70. The van der Waals surface area contributed by atoms with E-state index in [0.29, 0.717) is 37.0 Å². The number of H-pyrrole nitrogens is 1. The van der Waals surface area contributed by atoms with Crippen LogP contribution >= 0.6 is 0 Å². The largest absolute Gasteiger partial charge is 0.444 e. The summed E-state index contributed by atoms with van der Waals surface area (Å²) < 4.78 is 5.60. The summed E-state index contributed by atoms with van der Waals surface area (Å²) in [6, 6.07) is 3.13. The van der Waals surface area contributed by atoms with Crippen molar-refractivity contribution < 1.29 is 14.3 Å². The highest BCUT2D eigenvalue weighted by atomic mass is 16.6. The first-order valence-corrected chi connectivity index (χ1v) is 12.1. The number of rotatable bonds is 4. The van der Waals surface area contributed by atoms with Crippen molar-refractivity contribution in [3.05, 3.63) is 29.3 Å². The van der Waals surface area contributed by atoms with E-state index in [-0.39, 0.29) is 11.9 Å². The van der Waals surface area contributed by atoms with Gasteiger partial charge in [0.05, 0.1) is 11.7 Å². The summed E-state index contributed by atoms with van der Waals surface area (Å²) in [5, 5.41) is 10.3. The highest BCUT2D eigenvalue weighted by Crippen LogP contribution is 2.34. The van der Waals surface area contributed by atoms with Gasteiger partial charge in [0.2, 0.25) is 5.91 Å². The van der Waals surface area contributed by atoms with Crippen LogP contribution < -0.4 is 5.32 Å². The van der Waals surface area contributed by atoms with E-state index >= 15 is 0 Å². The summed E-state index contributed by atoms with van der Waals surface area (Å²) in [6.45, 7) is 10.5. The number of likely N-dealkylation sites (tertiary alicyclic amines) is 2. The third-order valence-corrected chi connectivity index (χ3v) is 6.11. The Morgan fingerprint density at radius 1 is 1.03 bits per heavy atom. The molecule has 0 unspecified atom stereocenters. The number of hydrogen-bond donors (Lipinski definition) is 2. The van der Waals surface area contributed by atoms with Gasteiger partial charge in [-0.15, -0.1) is 0 Å². The lowest BCUT2D eigenvalue weighted by Crippen LogP contribution is -2.54. The third-order valence-electron chi connectivity index (χ3n) is 6.11. The summed E-state index contributed by atoms with van der Waals surface area (Å²) >= 11 is 0. The van der Waals surface area contributed by atoms with Crippen LogP contribution in [0.25, 0.3) is 0 Å². The van der Waals surface area contributed by atoms with Crippen LogP contribution in [0.2, 0.25) is 0 Å². The molecule has 2 aromatic heterocycles. The molecule has 4 rings (SSSR count). The zero-order valence-electron chi connectivity index (χ0n) is 20.7. The molecular weight excluding hydrogens is 434 g/mol. The summed E-state index contributed by atoms with van der Waals surface area (Å²) in [6.07, 6.45) is 3.73. The fourth-order valence-electron chi connectivity index (χ4n) is 4.70. The molecule has 10 nitrogen and oxygen atoms in total. The average molecular weight is 470 g/mol. The summed E-state index contributed by atoms with van der Waals surface area (Å²) in [7, 11) is 0. The molecule has 2 amide bonds. The zero-order chi connectivity index (χ0) is 24.5. The molecule has 2 N–H and O–H groups in total. The first kappa shape index (κ1) is 24.0. The molecule has 0 radical (unpaired) electrons. The van der Waals surface area contributed by atoms with Gasteiger partial charge >= 0.3 is 6.09 Å². The Morgan fingerprint density at radius 3 is 2.50 bits per heavy atom. The van der Waals surface area contributed by atoms with Crippen LogP contribution in [0.5, 0.6) is 0 Å². The maximum atomic E-state index is 13.7. The number of ether oxygens (including phenoxy) is 1. The van der Waals surface area contributed by atoms with Crippen molar-refractivity contribution in [1.82, 2.24) is 30.0 Å². The molecule has 0 aliphatic carbocycles. The van der Waals surface area contributed by atoms with E-state index in [9.17, 15) is 9.59 Å². The number of amides is 2. The maximum absolute atomic E-state index is 13.7. The number of carbonyl (C=O) groups is 2. The van der Waals surface area contributed by atoms with Crippen molar-refractivity contribution in [3.63, 3.8) is 0 Å². The number of nitrogens with one attached hydrogen (secondary N) is 2. The first-order chi connectivity index (χ1) is 16.1. The molecule has 2 fully saturated rings. The molecule has 2 aliphatic heterocycles. The zero-order valence-corrected chi connectivity index (χ0v) is 20.7. The minimum atomic E-state index is -0.604. The van der Waals surface area contributed by atoms with Gasteiger partial charge in [0.1, 0.15) is 23.3 Å². The van der Waals surface area contributed by atoms with Crippen LogP contribution in [0.4, 0.5) is 16.4 Å². The van der Waals surface area contributed by atoms with Gasteiger partial charge in [-0.1, -0.05) is 0 Å². The molecule has 0 aromatic carbocycles. The van der Waals surface area contributed by atoms with E-state index in [2.05, 4.69) is 25.5 Å². The molecular formula is C24H35N7O3. The SMILES string of the molecule is Cc1nc(Nc2cc(C)[nH]n2)cc([C@@H]2CCCN2C(=O)[C@H]2CCCCN2C(=O)OC(C)(C)C)n1. The van der Waals surface area contributed by atoms with Gasteiger partial charge in [-0.25, -0.2) is 14.8 Å². The van der Waals surface area contributed by atoms with Crippen LogP contribution in [0.15, 0.2) is 12.1 Å². The van der Waals surface area contributed by atoms with Crippen LogP contribution in [-0.4, -0.2) is 66.7 Å². The Bertz CT molecular complexity index is 1050. The van der Waals surface area contributed by atoms with Gasteiger partial charge in [-0.05, 0) is 66.7 Å². The minimum absolute atomic E-state index is 0.0261. The van der Waals surface area contributed by atoms with E-state index in [0.717, 1.165) is 37.1 Å². The smallest absolute Gasteiger partial charge is 0.410 e. The monoisotopic (exact) mass is 469 g/mol. The number of aromatic nitrogens is 4. The van der Waals surface area contributed by atoms with Crippen molar-refractivity contribution in [2.24, 2.45) is 0 Å². The minimum Gasteiger partial charge on any atom is -0.444 e. The van der Waals surface area contributed by atoms with Gasteiger partial charge in [0, 0.05) is 30.9 Å². The van der Waals surface area contributed by atoms with Crippen molar-refractivity contribution in [1.29, 1.82) is 0 Å². The summed E-state index contributed by atoms with van der Waals surface area (Å²) in [4.78, 5) is 39.2. The van der Waals surface area contributed by atoms with Crippen molar-refractivity contribution in [2.75, 3.05) is 18.4 Å². The summed E-state index contributed by atoms with van der Waals surface area (Å²) in [5.41, 5.74) is 1.14. The molecule has 0 bridgehead atoms. The van der Waals surface area contributed by atoms with E-state index in [1.54, 1.807) is 4.90 Å². The average Bonchev–Trinajstić information content (AvgIpc) is 3.41. The second kappa shape index (κ2) is 9.60. The Balaban J connectivity index is 1.54. The van der Waals surface area contributed by atoms with Gasteiger partial charge in [-0.3, -0.25) is 14.8 Å². The number of hydrogen-bond acceptors (Lipinski definition) is 7. The molecule has 4 heterocycles. The highest BCUT2D eigenvalue weighted by molar-refractivity contribution is 5.86. The number of anilines is 2. The molecule has 2 aliphatic rings. The van der Waals surface area contributed by atoms with Crippen LogP contribution in [-0.2, 0) is 9.53 Å². The van der Waals surface area contributed by atoms with E-state index < -0.39 is 17.7 Å². The Hall–Kier alpha value is -3.17. The maximum Gasteiger partial charge on any atom is 0.410 e. The first-order valence-electron chi connectivity index (χ1n) is 12.1. The molecule has 10 heteroatoms. The number of aromatic amines is 1. The second-order valence-electron chi connectivity index (χ2n) is 10.2. The molecule has 2 atom stereocenters. The Morgan fingerprint density at radius 2 is 1.79 bits per heavy atom. The summed E-state index contributed by atoms with van der Waals surface area (Å²) in [5.74, 6) is 1.92. The molecule has 34 heavy (non-hydrogen) atoms. The molecule has 2 aromatic rings. The van der Waals surface area contributed by atoms with E-state index in [4.69, 9.17) is 4.74 Å². The van der Waals surface area contributed by atoms with Gasteiger partial charge in [0.25, 0.3) is 0 Å². The van der Waals surface area contributed by atoms with Gasteiger partial charge in [-0.2, -0.15) is 5.10 Å². The van der Waals surface area contributed by atoms with Gasteiger partial charge < -0.3 is 15.0 Å². The van der Waals surface area contributed by atoms with Crippen LogP contribution in [0.1, 0.15) is 76.1 Å². The topological polar surface area (TPSA) is 116 Å². The Labute approximate surface area is 200 Å². The predicted molar refractivity (Wildman–Crippen MR) is 128 cm³/mol. The van der Waals surface area contributed by atoms with E-state index in [1.165, 1.54) is 0 Å². The molecule has 0 saturated carbocycles. The second-order valence-corrected chi connectivity index (χ2v) is 10.2. The van der Waals surface area contributed by atoms with Crippen molar-refractivity contribution >= 4 is 23.6 Å². The normalized spacial score (nSPS) is 21.0. The molecule has 2 saturated heterocycles. The van der Waals surface area contributed by atoms with Crippen LogP contribution in [0.3, 0.4) is 0 Å². The number of aryl methyl sites for hydroxylation is 2. The Kier molecular flexibility index (Phi) is 6.77. The number of nitrogens with zero attached hydrogens (tertiary/aromatic N) is 5. The van der Waals surface area contributed by atoms with E-state index in [1.807, 2.05) is 51.7 Å². The van der Waals surface area contributed by atoms with Crippen LogP contribution in [0, 0.1) is 13.8 Å². The highest BCUT2D eigenvalue weighted by Gasteiger charge is 2.41. The molecule has 0 spiro atoms. The standard InChI is InChI=1S/C24H35N7O3/c1-15-13-21(29-28-15)27-20-14-17(25-16(2)26-20)18-10-8-12-30(18)22(32)19-9-6-7-11-31(19)23(33)34-24(3,4)5/h13-14,18-19H,6-12H2,1-5H3,(H2,25,26,27,28,29)/t18-,19+/m0/s1. The quantitative estimate of drug-likeness (QED) is 0.695. The van der Waals surface area contributed by atoms with Crippen molar-refractivity contribution in [2.45, 2.75) is 84.4 Å². The lowest BCUT2D eigenvalue weighted by molar-refractivity contribution is -0.139. The lowest BCUT2D eigenvalue weighted by atomic mass is 10.0. The van der Waals surface area contributed by atoms with Crippen molar-refractivity contribution in [3.8, 4) is 0 Å². The lowest BCUT2D eigenvalue weighted by Gasteiger charge is -2.38. The number of carbonyl (C=O) groups excluding carboxylic acids is 2.